The third-order valence-corrected chi connectivity index (χ3v) is 9.50. The van der Waals surface area contributed by atoms with E-state index >= 15 is 0 Å². The molecule has 0 aliphatic heterocycles. The van der Waals surface area contributed by atoms with Crippen LogP contribution >= 0.6 is 0 Å². The summed E-state index contributed by atoms with van der Waals surface area (Å²) in [6, 6.07) is 15.7. The van der Waals surface area contributed by atoms with Crippen molar-refractivity contribution in [2.24, 2.45) is 14.1 Å². The Morgan fingerprint density at radius 2 is 0.905 bits per heavy atom. The van der Waals surface area contributed by atoms with E-state index in [2.05, 4.69) is 13.2 Å². The van der Waals surface area contributed by atoms with Gasteiger partial charge in [-0.25, -0.2) is 56.2 Å². The maximum Gasteiger partial charge on any atom is 0.336 e. The number of aromatic nitrogens is 6. The molecule has 346 valence electrons. The molecule has 0 bridgehead atoms. The number of allylic oxidation sites excluding steroid dienone is 2. The maximum atomic E-state index is 12.5. The molecule has 4 N–H and O–H groups in total. The molecule has 4 unspecified atom stereocenters. The summed E-state index contributed by atoms with van der Waals surface area (Å²) in [5.41, 5.74) is -0.765. The smallest absolute Gasteiger partial charge is 0.336 e. The zero-order valence-electron chi connectivity index (χ0n) is 36.2. The van der Waals surface area contributed by atoms with Crippen molar-refractivity contribution in [1.82, 2.24) is 27.4 Å². The fourth-order valence-corrected chi connectivity index (χ4v) is 5.78. The Hall–Kier alpha value is -5.58. The van der Waals surface area contributed by atoms with Crippen LogP contribution in [0.3, 0.4) is 0 Å². The van der Waals surface area contributed by atoms with E-state index in [9.17, 15) is 49.2 Å². The highest BCUT2D eigenvalue weighted by molar-refractivity contribution is 5.30. The highest BCUT2D eigenvalue weighted by Crippen LogP contribution is 2.14. The van der Waals surface area contributed by atoms with E-state index in [1.807, 2.05) is 62.4 Å². The molecule has 4 rings (SSSR count). The minimum atomic E-state index is -1.43. The summed E-state index contributed by atoms with van der Waals surface area (Å²) in [7, 11) is 2.52. The van der Waals surface area contributed by atoms with Crippen LogP contribution in [-0.4, -0.2) is 99.0 Å². The number of aliphatic hydroxyl groups is 4. The van der Waals surface area contributed by atoms with Crippen molar-refractivity contribution in [2.45, 2.75) is 97.3 Å². The highest BCUT2D eigenvalue weighted by Gasteiger charge is 2.18. The number of rotatable bonds is 25. The summed E-state index contributed by atoms with van der Waals surface area (Å²) in [5.74, 6) is 0. The van der Waals surface area contributed by atoms with Gasteiger partial charge in [-0.15, -0.1) is 13.2 Å². The van der Waals surface area contributed by atoms with Gasteiger partial charge >= 0.3 is 34.1 Å². The number of hydrogen-bond donors (Lipinski definition) is 4. The molecule has 20 nitrogen and oxygen atoms in total. The number of benzene rings is 2. The topological polar surface area (TPSA) is 250 Å². The van der Waals surface area contributed by atoms with Crippen LogP contribution < -0.4 is 34.1 Å². The fraction of sp³-hybridized carbons (Fsp3) is 0.488. The number of ether oxygens (including phenoxy) is 4. The van der Waals surface area contributed by atoms with Crippen LogP contribution in [0.25, 0.3) is 0 Å². The average molecular weight is 885 g/mol. The van der Waals surface area contributed by atoms with Gasteiger partial charge in [0.15, 0.2) is 12.6 Å². The Morgan fingerprint density at radius 1 is 0.524 bits per heavy atom. The molecule has 20 heteroatoms. The quantitative estimate of drug-likeness (QED) is 0.0366. The van der Waals surface area contributed by atoms with Gasteiger partial charge in [0.25, 0.3) is 0 Å². The minimum absolute atomic E-state index is 0.0423. The van der Waals surface area contributed by atoms with Gasteiger partial charge in [0, 0.05) is 14.1 Å². The zero-order valence-corrected chi connectivity index (χ0v) is 36.2. The van der Waals surface area contributed by atoms with Crippen LogP contribution in [0.4, 0.5) is 0 Å². The van der Waals surface area contributed by atoms with Gasteiger partial charge in [-0.3, -0.25) is 0 Å². The molecule has 0 saturated heterocycles. The molecule has 0 aliphatic carbocycles. The molecule has 0 spiro atoms. The van der Waals surface area contributed by atoms with Crippen molar-refractivity contribution >= 4 is 0 Å². The molecule has 4 aromatic rings. The van der Waals surface area contributed by atoms with Crippen molar-refractivity contribution in [1.29, 1.82) is 0 Å². The summed E-state index contributed by atoms with van der Waals surface area (Å²) in [6.07, 6.45) is 0.799. The van der Waals surface area contributed by atoms with E-state index in [-0.39, 0.29) is 52.7 Å². The largest absolute Gasteiger partial charge is 0.391 e. The second-order valence-electron chi connectivity index (χ2n) is 14.4. The molecule has 2 heterocycles. The van der Waals surface area contributed by atoms with Crippen LogP contribution in [0, 0.1) is 0 Å². The average Bonchev–Trinajstić information content (AvgIpc) is 3.28. The van der Waals surface area contributed by atoms with Crippen LogP contribution in [0.2, 0.25) is 0 Å². The second kappa shape index (κ2) is 26.1. The first-order valence-electron chi connectivity index (χ1n) is 20.4. The highest BCUT2D eigenvalue weighted by atomic mass is 16.6. The number of aliphatic hydroxyl groups excluding tert-OH is 4. The van der Waals surface area contributed by atoms with Crippen LogP contribution in [0.5, 0.6) is 0 Å². The molecule has 0 radical (unpaired) electrons. The summed E-state index contributed by atoms with van der Waals surface area (Å²) < 4.78 is 26.1. The van der Waals surface area contributed by atoms with Gasteiger partial charge in [0.1, 0.15) is 0 Å². The van der Waals surface area contributed by atoms with Crippen molar-refractivity contribution < 1.29 is 39.4 Å². The lowest BCUT2D eigenvalue weighted by atomic mass is 10.0. The fourth-order valence-electron chi connectivity index (χ4n) is 5.78. The summed E-state index contributed by atoms with van der Waals surface area (Å²) >= 11 is 0. The molecular formula is C43H60N6O14. The molecule has 0 amide bonds. The van der Waals surface area contributed by atoms with E-state index in [4.69, 9.17) is 18.9 Å². The second-order valence-corrected chi connectivity index (χ2v) is 14.4. The van der Waals surface area contributed by atoms with Gasteiger partial charge in [0.05, 0.1) is 78.0 Å². The minimum Gasteiger partial charge on any atom is -0.391 e. The first kappa shape index (κ1) is 51.8. The standard InChI is InChI=1S/C27H33N3O7.C16H27N3O7/c1-4-14-29-25(33)28(3)26(34)30(27(29)35)16-24(32)37-18-22-12-8-20(9-13-22)15-19-6-10-21(11-7-19)17-36-23(31)5-2;1-4-6-18-14(22)17(3)15(23)19(16(18)24)9-13(21)11-26-8-7-25-10-12(20)5-2/h4,6-13,23-24,31-32H,1,5,14-18H2,2-3H3;4,12-13,20-21H,1,5-11H2,2-3H3. The Morgan fingerprint density at radius 3 is 1.32 bits per heavy atom. The zero-order chi connectivity index (χ0) is 46.6. The van der Waals surface area contributed by atoms with Gasteiger partial charge in [-0.2, -0.15) is 0 Å². The number of hydrogen-bond acceptors (Lipinski definition) is 14. The maximum absolute atomic E-state index is 12.5. The number of nitrogens with zero attached hydrogens (tertiary/aromatic N) is 6. The normalized spacial score (nSPS) is 13.1. The van der Waals surface area contributed by atoms with Crippen molar-refractivity contribution in [3.8, 4) is 0 Å². The van der Waals surface area contributed by atoms with Crippen LogP contribution in [0.1, 0.15) is 48.9 Å². The lowest BCUT2D eigenvalue weighted by Gasteiger charge is -2.15. The first-order valence-corrected chi connectivity index (χ1v) is 20.4. The Kier molecular flexibility index (Phi) is 21.5. The summed E-state index contributed by atoms with van der Waals surface area (Å²) in [4.78, 5) is 73.3. The van der Waals surface area contributed by atoms with E-state index < -0.39 is 65.5 Å². The molecule has 2 aromatic carbocycles. The predicted molar refractivity (Wildman–Crippen MR) is 232 cm³/mol. The first-order chi connectivity index (χ1) is 30.1. The van der Waals surface area contributed by atoms with Crippen molar-refractivity contribution in [3.63, 3.8) is 0 Å². The Balaban J connectivity index is 0.000000358. The van der Waals surface area contributed by atoms with E-state index in [1.165, 1.54) is 26.2 Å². The lowest BCUT2D eigenvalue weighted by Crippen LogP contribution is -2.54. The molecular weight excluding hydrogens is 825 g/mol. The van der Waals surface area contributed by atoms with Crippen LogP contribution in [0.15, 0.2) is 103 Å². The van der Waals surface area contributed by atoms with E-state index in [0.717, 1.165) is 56.1 Å². The van der Waals surface area contributed by atoms with Gasteiger partial charge in [-0.05, 0) is 41.5 Å². The molecule has 0 fully saturated rings. The van der Waals surface area contributed by atoms with Gasteiger partial charge < -0.3 is 39.4 Å². The molecule has 2 aromatic heterocycles. The monoisotopic (exact) mass is 884 g/mol. The molecule has 0 saturated carbocycles. The SMILES string of the molecule is C=CCn1c(=O)n(C)c(=O)n(CC(O)COCCOCC(O)CC)c1=O.C=CCn1c(=O)n(C)c(=O)n(CC(O)OCc2ccc(Cc3ccc(COC(O)CC)cc3)cc2)c1=O. The van der Waals surface area contributed by atoms with E-state index in [1.54, 1.807) is 0 Å². The molecule has 63 heavy (non-hydrogen) atoms. The lowest BCUT2D eigenvalue weighted by molar-refractivity contribution is -0.118. The van der Waals surface area contributed by atoms with E-state index in [0.29, 0.717) is 19.4 Å². The predicted octanol–water partition coefficient (Wildman–Crippen LogP) is -0.675. The molecule has 0 aliphatic rings. The third-order valence-electron chi connectivity index (χ3n) is 9.50. The summed E-state index contributed by atoms with van der Waals surface area (Å²) in [6.45, 7) is 10.8. The summed E-state index contributed by atoms with van der Waals surface area (Å²) in [5, 5.41) is 39.1. The van der Waals surface area contributed by atoms with Crippen molar-refractivity contribution in [3.05, 3.63) is 159 Å². The van der Waals surface area contributed by atoms with Crippen LogP contribution in [-0.2, 0) is 78.9 Å². The van der Waals surface area contributed by atoms with Crippen molar-refractivity contribution in [2.75, 3.05) is 26.4 Å². The van der Waals surface area contributed by atoms with Gasteiger partial charge in [0.2, 0.25) is 0 Å². The van der Waals surface area contributed by atoms with Gasteiger partial charge in [-0.1, -0.05) is 74.5 Å². The third kappa shape index (κ3) is 15.6. The molecule has 4 atom stereocenters. The Labute approximate surface area is 363 Å². The Bertz CT molecular complexity index is 2430.